The van der Waals surface area contributed by atoms with Crippen molar-refractivity contribution in [3.05, 3.63) is 40.5 Å². The molecule has 0 saturated carbocycles. The van der Waals surface area contributed by atoms with Gasteiger partial charge in [-0.25, -0.2) is 0 Å². The molecule has 0 aliphatic heterocycles. The van der Waals surface area contributed by atoms with Crippen molar-refractivity contribution < 1.29 is 0 Å². The highest BCUT2D eigenvalue weighted by molar-refractivity contribution is 6.35. The van der Waals surface area contributed by atoms with E-state index in [-0.39, 0.29) is 0 Å². The molecule has 1 aromatic heterocycles. The first-order valence-corrected chi connectivity index (χ1v) is 5.35. The number of fused-ring (bicyclic) bond motifs is 1. The van der Waals surface area contributed by atoms with Crippen LogP contribution in [0.5, 0.6) is 0 Å². The molecular formula is C12H13ClN2. The van der Waals surface area contributed by atoms with Crippen LogP contribution in [0, 0.1) is 6.92 Å². The highest BCUT2D eigenvalue weighted by Crippen LogP contribution is 2.25. The van der Waals surface area contributed by atoms with Crippen LogP contribution in [0.1, 0.15) is 11.3 Å². The van der Waals surface area contributed by atoms with Gasteiger partial charge < -0.3 is 5.73 Å². The number of aromatic nitrogens is 1. The minimum Gasteiger partial charge on any atom is -0.330 e. The summed E-state index contributed by atoms with van der Waals surface area (Å²) in [4.78, 5) is 4.45. The van der Waals surface area contributed by atoms with Crippen molar-refractivity contribution in [2.24, 2.45) is 5.73 Å². The van der Waals surface area contributed by atoms with Gasteiger partial charge in [-0.3, -0.25) is 4.98 Å². The van der Waals surface area contributed by atoms with E-state index in [1.807, 2.05) is 25.1 Å². The van der Waals surface area contributed by atoms with Crippen molar-refractivity contribution in [1.82, 2.24) is 4.98 Å². The molecule has 1 heterocycles. The minimum absolute atomic E-state index is 0.644. The predicted molar refractivity (Wildman–Crippen MR) is 64.2 cm³/mol. The summed E-state index contributed by atoms with van der Waals surface area (Å²) in [6.07, 6.45) is 0.861. The molecule has 0 spiro atoms. The SMILES string of the molecule is Cc1cc(CCN)c2cccc(Cl)c2n1. The van der Waals surface area contributed by atoms with E-state index in [4.69, 9.17) is 17.3 Å². The van der Waals surface area contributed by atoms with Gasteiger partial charge in [-0.1, -0.05) is 23.7 Å². The third kappa shape index (κ3) is 1.96. The van der Waals surface area contributed by atoms with Crippen molar-refractivity contribution in [2.75, 3.05) is 6.54 Å². The average molecular weight is 221 g/mol. The van der Waals surface area contributed by atoms with Gasteiger partial charge >= 0.3 is 0 Å². The van der Waals surface area contributed by atoms with Crippen LogP contribution in [0.3, 0.4) is 0 Å². The number of hydrogen-bond acceptors (Lipinski definition) is 2. The number of para-hydroxylation sites is 1. The minimum atomic E-state index is 0.644. The molecule has 0 unspecified atom stereocenters. The number of rotatable bonds is 2. The summed E-state index contributed by atoms with van der Waals surface area (Å²) in [6.45, 7) is 2.62. The molecule has 0 saturated heterocycles. The lowest BCUT2D eigenvalue weighted by Gasteiger charge is -2.07. The monoisotopic (exact) mass is 220 g/mol. The fourth-order valence-corrected chi connectivity index (χ4v) is 2.01. The smallest absolute Gasteiger partial charge is 0.0894 e. The van der Waals surface area contributed by atoms with Crippen molar-refractivity contribution in [1.29, 1.82) is 0 Å². The molecule has 0 radical (unpaired) electrons. The van der Waals surface area contributed by atoms with Crippen molar-refractivity contribution in [3.63, 3.8) is 0 Å². The molecule has 0 aliphatic carbocycles. The van der Waals surface area contributed by atoms with Crippen LogP contribution >= 0.6 is 11.6 Å². The number of halogens is 1. The molecule has 0 fully saturated rings. The first kappa shape index (κ1) is 10.4. The first-order chi connectivity index (χ1) is 7.22. The zero-order valence-electron chi connectivity index (χ0n) is 8.63. The third-order valence-corrected chi connectivity index (χ3v) is 2.72. The average Bonchev–Trinajstić information content (AvgIpc) is 2.20. The van der Waals surface area contributed by atoms with Crippen molar-refractivity contribution in [2.45, 2.75) is 13.3 Å². The highest BCUT2D eigenvalue weighted by Gasteiger charge is 2.05. The standard InChI is InChI=1S/C12H13ClN2/c1-8-7-9(5-6-14)10-3-2-4-11(13)12(10)15-8/h2-4,7H,5-6,14H2,1H3. The van der Waals surface area contributed by atoms with E-state index in [2.05, 4.69) is 11.1 Å². The van der Waals surface area contributed by atoms with Crippen molar-refractivity contribution in [3.8, 4) is 0 Å². The Kier molecular flexibility index (Phi) is 2.89. The number of pyridine rings is 1. The van der Waals surface area contributed by atoms with Gasteiger partial charge in [-0.2, -0.15) is 0 Å². The van der Waals surface area contributed by atoms with E-state index >= 15 is 0 Å². The molecule has 1 aromatic carbocycles. The topological polar surface area (TPSA) is 38.9 Å². The normalized spacial score (nSPS) is 10.9. The fourth-order valence-electron chi connectivity index (χ4n) is 1.79. The Labute approximate surface area is 94.1 Å². The van der Waals surface area contributed by atoms with Crippen LogP contribution in [0.25, 0.3) is 10.9 Å². The molecule has 15 heavy (non-hydrogen) atoms. The van der Waals surface area contributed by atoms with Gasteiger partial charge in [0.1, 0.15) is 0 Å². The molecule has 3 heteroatoms. The van der Waals surface area contributed by atoms with E-state index in [1.165, 1.54) is 5.56 Å². The summed E-state index contributed by atoms with van der Waals surface area (Å²) in [7, 11) is 0. The third-order valence-electron chi connectivity index (χ3n) is 2.42. The largest absolute Gasteiger partial charge is 0.330 e. The number of nitrogens with zero attached hydrogens (tertiary/aromatic N) is 1. The highest BCUT2D eigenvalue weighted by atomic mass is 35.5. The van der Waals surface area contributed by atoms with E-state index < -0.39 is 0 Å². The van der Waals surface area contributed by atoms with Gasteiger partial charge in [0.15, 0.2) is 0 Å². The van der Waals surface area contributed by atoms with Gasteiger partial charge in [0.05, 0.1) is 10.5 Å². The maximum Gasteiger partial charge on any atom is 0.0894 e. The zero-order chi connectivity index (χ0) is 10.8. The van der Waals surface area contributed by atoms with Gasteiger partial charge in [0, 0.05) is 11.1 Å². The van der Waals surface area contributed by atoms with Crippen LogP contribution in [-0.4, -0.2) is 11.5 Å². The Morgan fingerprint density at radius 1 is 1.40 bits per heavy atom. The molecule has 78 valence electrons. The first-order valence-electron chi connectivity index (χ1n) is 4.97. The molecule has 0 atom stereocenters. The molecule has 2 rings (SSSR count). The Morgan fingerprint density at radius 3 is 2.93 bits per heavy atom. The molecule has 2 nitrogen and oxygen atoms in total. The van der Waals surface area contributed by atoms with Crippen LogP contribution in [-0.2, 0) is 6.42 Å². The Bertz CT molecular complexity index is 494. The second kappa shape index (κ2) is 4.17. The lowest BCUT2D eigenvalue weighted by molar-refractivity contribution is 0.971. The number of aryl methyl sites for hydroxylation is 1. The Balaban J connectivity index is 2.74. The lowest BCUT2D eigenvalue weighted by atomic mass is 10.1. The maximum atomic E-state index is 6.11. The van der Waals surface area contributed by atoms with Gasteiger partial charge in [-0.15, -0.1) is 0 Å². The Hall–Kier alpha value is -1.12. The van der Waals surface area contributed by atoms with Gasteiger partial charge in [0.25, 0.3) is 0 Å². The summed E-state index contributed by atoms with van der Waals surface area (Å²) in [5, 5.41) is 1.81. The number of benzene rings is 1. The van der Waals surface area contributed by atoms with Crippen LogP contribution in [0.4, 0.5) is 0 Å². The second-order valence-electron chi connectivity index (χ2n) is 3.60. The summed E-state index contributed by atoms with van der Waals surface area (Å²) in [6, 6.07) is 7.93. The summed E-state index contributed by atoms with van der Waals surface area (Å²) in [5.41, 5.74) is 8.67. The van der Waals surface area contributed by atoms with Crippen LogP contribution < -0.4 is 5.73 Å². The van der Waals surface area contributed by atoms with E-state index in [9.17, 15) is 0 Å². The van der Waals surface area contributed by atoms with Crippen LogP contribution in [0.2, 0.25) is 5.02 Å². The maximum absolute atomic E-state index is 6.11. The van der Waals surface area contributed by atoms with Gasteiger partial charge in [-0.05, 0) is 37.6 Å². The van der Waals surface area contributed by atoms with Gasteiger partial charge in [0.2, 0.25) is 0 Å². The van der Waals surface area contributed by atoms with E-state index in [1.54, 1.807) is 0 Å². The molecule has 0 aliphatic rings. The van der Waals surface area contributed by atoms with Crippen molar-refractivity contribution >= 4 is 22.5 Å². The quantitative estimate of drug-likeness (QED) is 0.845. The molecule has 2 N–H and O–H groups in total. The molecule has 0 bridgehead atoms. The molecule has 0 amide bonds. The Morgan fingerprint density at radius 2 is 2.20 bits per heavy atom. The van der Waals surface area contributed by atoms with E-state index in [0.717, 1.165) is 23.0 Å². The van der Waals surface area contributed by atoms with E-state index in [0.29, 0.717) is 11.6 Å². The lowest BCUT2D eigenvalue weighted by Crippen LogP contribution is -2.04. The number of nitrogens with two attached hydrogens (primary N) is 1. The predicted octanol–water partition coefficient (Wildman–Crippen LogP) is 2.70. The number of hydrogen-bond donors (Lipinski definition) is 1. The zero-order valence-corrected chi connectivity index (χ0v) is 9.38. The van der Waals surface area contributed by atoms with Crippen LogP contribution in [0.15, 0.2) is 24.3 Å². The summed E-state index contributed by atoms with van der Waals surface area (Å²) >= 11 is 6.11. The summed E-state index contributed by atoms with van der Waals surface area (Å²) < 4.78 is 0. The molecular weight excluding hydrogens is 208 g/mol. The molecule has 2 aromatic rings. The fraction of sp³-hybridized carbons (Fsp3) is 0.250. The summed E-state index contributed by atoms with van der Waals surface area (Å²) in [5.74, 6) is 0. The second-order valence-corrected chi connectivity index (χ2v) is 4.00.